The molecule has 0 bridgehead atoms. The SMILES string of the molecule is CSCC[C@H](NC(=O)c1ccc(C)cc1)c1nc2ccccc2[nH]1. The van der Waals surface area contributed by atoms with Crippen LogP contribution in [0.25, 0.3) is 11.0 Å². The lowest BCUT2D eigenvalue weighted by molar-refractivity contribution is 0.0934. The van der Waals surface area contributed by atoms with Crippen LogP contribution in [0.2, 0.25) is 0 Å². The summed E-state index contributed by atoms with van der Waals surface area (Å²) >= 11 is 1.76. The molecule has 5 heteroatoms. The van der Waals surface area contributed by atoms with Crippen molar-refractivity contribution in [2.24, 2.45) is 0 Å². The largest absolute Gasteiger partial charge is 0.342 e. The summed E-state index contributed by atoms with van der Waals surface area (Å²) in [6.07, 6.45) is 2.90. The second-order valence-electron chi connectivity index (χ2n) is 5.81. The molecule has 4 nitrogen and oxygen atoms in total. The molecule has 24 heavy (non-hydrogen) atoms. The molecule has 0 aliphatic carbocycles. The monoisotopic (exact) mass is 339 g/mol. The molecule has 0 spiro atoms. The van der Waals surface area contributed by atoms with E-state index in [2.05, 4.69) is 21.5 Å². The van der Waals surface area contributed by atoms with E-state index in [9.17, 15) is 4.79 Å². The van der Waals surface area contributed by atoms with Crippen molar-refractivity contribution in [3.63, 3.8) is 0 Å². The van der Waals surface area contributed by atoms with Crippen LogP contribution in [0, 0.1) is 6.92 Å². The van der Waals surface area contributed by atoms with Crippen molar-refractivity contribution in [1.29, 1.82) is 0 Å². The molecule has 0 unspecified atom stereocenters. The van der Waals surface area contributed by atoms with Crippen LogP contribution >= 0.6 is 11.8 Å². The Kier molecular flexibility index (Phi) is 5.20. The Bertz CT molecular complexity index is 793. The fourth-order valence-corrected chi connectivity index (χ4v) is 3.07. The number of benzene rings is 2. The number of nitrogens with one attached hydrogen (secondary N) is 2. The highest BCUT2D eigenvalue weighted by Crippen LogP contribution is 2.20. The summed E-state index contributed by atoms with van der Waals surface area (Å²) < 4.78 is 0. The molecule has 0 aliphatic heterocycles. The van der Waals surface area contributed by atoms with Crippen LogP contribution in [-0.2, 0) is 0 Å². The quantitative estimate of drug-likeness (QED) is 0.711. The molecule has 1 amide bonds. The van der Waals surface area contributed by atoms with Gasteiger partial charge in [0.15, 0.2) is 0 Å². The fraction of sp³-hybridized carbons (Fsp3) is 0.263. The number of H-pyrrole nitrogens is 1. The summed E-state index contributed by atoms with van der Waals surface area (Å²) in [6, 6.07) is 15.4. The van der Waals surface area contributed by atoms with Gasteiger partial charge in [-0.15, -0.1) is 0 Å². The van der Waals surface area contributed by atoms with Crippen LogP contribution in [0.3, 0.4) is 0 Å². The number of carbonyl (C=O) groups excluding carboxylic acids is 1. The number of aromatic amines is 1. The summed E-state index contributed by atoms with van der Waals surface area (Å²) in [4.78, 5) is 20.5. The van der Waals surface area contributed by atoms with Crippen LogP contribution in [-0.4, -0.2) is 27.9 Å². The van der Waals surface area contributed by atoms with E-state index in [1.807, 2.05) is 55.5 Å². The minimum Gasteiger partial charge on any atom is -0.342 e. The maximum atomic E-state index is 12.6. The van der Waals surface area contributed by atoms with E-state index in [0.717, 1.165) is 34.6 Å². The average molecular weight is 339 g/mol. The van der Waals surface area contributed by atoms with Gasteiger partial charge in [-0.3, -0.25) is 4.79 Å². The fourth-order valence-electron chi connectivity index (χ4n) is 2.60. The standard InChI is InChI=1S/C19H21N3OS/c1-13-7-9-14(10-8-13)19(23)22-17(11-12-24-2)18-20-15-5-3-4-6-16(15)21-18/h3-10,17H,11-12H2,1-2H3,(H,20,21)(H,22,23)/t17-/m0/s1. The van der Waals surface area contributed by atoms with Crippen molar-refractivity contribution in [2.45, 2.75) is 19.4 Å². The van der Waals surface area contributed by atoms with Crippen molar-refractivity contribution < 1.29 is 4.79 Å². The molecule has 0 fully saturated rings. The molecule has 124 valence electrons. The highest BCUT2D eigenvalue weighted by molar-refractivity contribution is 7.98. The van der Waals surface area contributed by atoms with E-state index in [-0.39, 0.29) is 11.9 Å². The Labute approximate surface area is 146 Å². The number of hydrogen-bond acceptors (Lipinski definition) is 3. The number of imidazole rings is 1. The molecule has 1 heterocycles. The Morgan fingerprint density at radius 3 is 2.67 bits per heavy atom. The number of carbonyl (C=O) groups is 1. The van der Waals surface area contributed by atoms with Crippen LogP contribution in [0.15, 0.2) is 48.5 Å². The first-order valence-electron chi connectivity index (χ1n) is 7.98. The van der Waals surface area contributed by atoms with Gasteiger partial charge in [-0.05, 0) is 49.6 Å². The van der Waals surface area contributed by atoms with E-state index in [0.29, 0.717) is 5.56 Å². The summed E-state index contributed by atoms with van der Waals surface area (Å²) in [5.41, 5.74) is 3.73. The minimum atomic E-state index is -0.126. The number of thioether (sulfide) groups is 1. The third kappa shape index (κ3) is 3.79. The molecule has 3 aromatic rings. The van der Waals surface area contributed by atoms with E-state index in [1.165, 1.54) is 0 Å². The van der Waals surface area contributed by atoms with Crippen molar-refractivity contribution in [3.8, 4) is 0 Å². The first kappa shape index (κ1) is 16.6. The van der Waals surface area contributed by atoms with Gasteiger partial charge in [-0.25, -0.2) is 4.98 Å². The van der Waals surface area contributed by atoms with Gasteiger partial charge >= 0.3 is 0 Å². The predicted octanol–water partition coefficient (Wildman–Crippen LogP) is 4.10. The van der Waals surface area contributed by atoms with Gasteiger partial charge in [-0.2, -0.15) is 11.8 Å². The summed E-state index contributed by atoms with van der Waals surface area (Å²) in [7, 11) is 0. The molecule has 2 N–H and O–H groups in total. The number of aryl methyl sites for hydroxylation is 1. The highest BCUT2D eigenvalue weighted by atomic mass is 32.2. The normalized spacial score (nSPS) is 12.2. The van der Waals surface area contributed by atoms with Crippen LogP contribution in [0.1, 0.15) is 34.2 Å². The Hall–Kier alpha value is -2.27. The number of amides is 1. The van der Waals surface area contributed by atoms with Crippen molar-refractivity contribution in [3.05, 3.63) is 65.5 Å². The number of nitrogens with zero attached hydrogens (tertiary/aromatic N) is 1. The molecule has 0 radical (unpaired) electrons. The van der Waals surface area contributed by atoms with E-state index in [1.54, 1.807) is 11.8 Å². The number of aromatic nitrogens is 2. The summed E-state index contributed by atoms with van der Waals surface area (Å²) in [5, 5.41) is 3.12. The second kappa shape index (κ2) is 7.53. The zero-order chi connectivity index (χ0) is 16.9. The lowest BCUT2D eigenvalue weighted by atomic mass is 10.1. The lowest BCUT2D eigenvalue weighted by Crippen LogP contribution is -2.29. The van der Waals surface area contributed by atoms with Crippen LogP contribution < -0.4 is 5.32 Å². The minimum absolute atomic E-state index is 0.0680. The zero-order valence-corrected chi connectivity index (χ0v) is 14.7. The van der Waals surface area contributed by atoms with Gasteiger partial charge in [0.25, 0.3) is 5.91 Å². The molecule has 2 aromatic carbocycles. The predicted molar refractivity (Wildman–Crippen MR) is 100 cm³/mol. The van der Waals surface area contributed by atoms with Gasteiger partial charge < -0.3 is 10.3 Å². The molecule has 3 rings (SSSR count). The highest BCUT2D eigenvalue weighted by Gasteiger charge is 2.19. The summed E-state index contributed by atoms with van der Waals surface area (Å²) in [6.45, 7) is 2.01. The first-order valence-corrected chi connectivity index (χ1v) is 9.38. The Morgan fingerprint density at radius 1 is 1.21 bits per heavy atom. The molecular weight excluding hydrogens is 318 g/mol. The van der Waals surface area contributed by atoms with Crippen molar-refractivity contribution in [1.82, 2.24) is 15.3 Å². The van der Waals surface area contributed by atoms with Crippen molar-refractivity contribution >= 4 is 28.7 Å². The van der Waals surface area contributed by atoms with Gasteiger partial charge in [0.2, 0.25) is 0 Å². The molecule has 0 aliphatic rings. The molecule has 0 saturated heterocycles. The van der Waals surface area contributed by atoms with Crippen LogP contribution in [0.4, 0.5) is 0 Å². The zero-order valence-electron chi connectivity index (χ0n) is 13.9. The molecular formula is C19H21N3OS. The van der Waals surface area contributed by atoms with Crippen LogP contribution in [0.5, 0.6) is 0 Å². The third-order valence-corrected chi connectivity index (χ3v) is 4.61. The number of hydrogen-bond donors (Lipinski definition) is 2. The van der Waals surface area contributed by atoms with Gasteiger partial charge in [-0.1, -0.05) is 29.8 Å². The van der Waals surface area contributed by atoms with Gasteiger partial charge in [0, 0.05) is 5.56 Å². The maximum Gasteiger partial charge on any atom is 0.251 e. The third-order valence-electron chi connectivity index (χ3n) is 3.97. The maximum absolute atomic E-state index is 12.6. The summed E-state index contributed by atoms with van der Waals surface area (Å²) in [5.74, 6) is 1.70. The topological polar surface area (TPSA) is 57.8 Å². The van der Waals surface area contributed by atoms with E-state index < -0.39 is 0 Å². The molecule has 0 saturated carbocycles. The Morgan fingerprint density at radius 2 is 1.96 bits per heavy atom. The van der Waals surface area contributed by atoms with E-state index >= 15 is 0 Å². The van der Waals surface area contributed by atoms with Crippen molar-refractivity contribution in [2.75, 3.05) is 12.0 Å². The molecule has 1 aromatic heterocycles. The van der Waals surface area contributed by atoms with Gasteiger partial charge in [0.1, 0.15) is 5.82 Å². The number of para-hydroxylation sites is 2. The smallest absolute Gasteiger partial charge is 0.251 e. The average Bonchev–Trinajstić information content (AvgIpc) is 3.03. The second-order valence-corrected chi connectivity index (χ2v) is 6.80. The number of rotatable bonds is 6. The number of fused-ring (bicyclic) bond motifs is 1. The van der Waals surface area contributed by atoms with Gasteiger partial charge in [0.05, 0.1) is 17.1 Å². The molecule has 1 atom stereocenters. The first-order chi connectivity index (χ1) is 11.7. The Balaban J connectivity index is 1.83. The van der Waals surface area contributed by atoms with E-state index in [4.69, 9.17) is 0 Å². The lowest BCUT2D eigenvalue weighted by Gasteiger charge is -2.16.